The van der Waals surface area contributed by atoms with Gasteiger partial charge in [0, 0.05) is 24.2 Å². The van der Waals surface area contributed by atoms with Crippen molar-refractivity contribution < 1.29 is 0 Å². The monoisotopic (exact) mass is 316 g/mol. The lowest BCUT2D eigenvalue weighted by molar-refractivity contribution is 0.686. The van der Waals surface area contributed by atoms with E-state index >= 15 is 0 Å². The standard InChI is InChI=1S/C14H13BrN4/c1-16-14-11(8-19-9-12(15)7-17-19)6-10-4-2-3-5-13(10)18-14/h2-7,9H,8H2,1H3,(H,16,18). The largest absolute Gasteiger partial charge is 0.373 e. The number of aromatic nitrogens is 3. The highest BCUT2D eigenvalue weighted by Crippen LogP contribution is 2.21. The third-order valence-corrected chi connectivity index (χ3v) is 3.38. The van der Waals surface area contributed by atoms with E-state index < -0.39 is 0 Å². The topological polar surface area (TPSA) is 42.7 Å². The summed E-state index contributed by atoms with van der Waals surface area (Å²) in [6, 6.07) is 10.3. The molecule has 19 heavy (non-hydrogen) atoms. The van der Waals surface area contributed by atoms with E-state index in [1.165, 1.54) is 0 Å². The van der Waals surface area contributed by atoms with Crippen molar-refractivity contribution >= 4 is 32.7 Å². The van der Waals surface area contributed by atoms with Gasteiger partial charge < -0.3 is 5.32 Å². The molecule has 0 aliphatic rings. The van der Waals surface area contributed by atoms with Crippen LogP contribution in [0.5, 0.6) is 0 Å². The molecule has 0 atom stereocenters. The maximum atomic E-state index is 4.63. The second-order valence-electron chi connectivity index (χ2n) is 4.29. The molecule has 0 unspecified atom stereocenters. The fraction of sp³-hybridized carbons (Fsp3) is 0.143. The average molecular weight is 317 g/mol. The molecule has 1 aromatic carbocycles. The minimum absolute atomic E-state index is 0.694. The fourth-order valence-electron chi connectivity index (χ4n) is 2.10. The fourth-order valence-corrected chi connectivity index (χ4v) is 2.42. The molecule has 5 heteroatoms. The first kappa shape index (κ1) is 12.2. The summed E-state index contributed by atoms with van der Waals surface area (Å²) in [5.74, 6) is 0.894. The minimum Gasteiger partial charge on any atom is -0.373 e. The van der Waals surface area contributed by atoms with Gasteiger partial charge in [-0.15, -0.1) is 0 Å². The quantitative estimate of drug-likeness (QED) is 0.806. The number of benzene rings is 1. The van der Waals surface area contributed by atoms with Gasteiger partial charge in [0.05, 0.1) is 22.7 Å². The molecule has 0 saturated heterocycles. The summed E-state index contributed by atoms with van der Waals surface area (Å²) in [5.41, 5.74) is 2.12. The van der Waals surface area contributed by atoms with Crippen molar-refractivity contribution in [3.05, 3.63) is 52.8 Å². The maximum Gasteiger partial charge on any atom is 0.131 e. The van der Waals surface area contributed by atoms with E-state index in [0.717, 1.165) is 26.8 Å². The molecule has 0 amide bonds. The number of hydrogen-bond acceptors (Lipinski definition) is 3. The second-order valence-corrected chi connectivity index (χ2v) is 5.21. The number of anilines is 1. The number of pyridine rings is 1. The van der Waals surface area contributed by atoms with Crippen LogP contribution in [0.2, 0.25) is 0 Å². The molecular formula is C14H13BrN4. The Morgan fingerprint density at radius 2 is 2.16 bits per heavy atom. The van der Waals surface area contributed by atoms with Crippen LogP contribution in [0.25, 0.3) is 10.9 Å². The highest BCUT2D eigenvalue weighted by Gasteiger charge is 2.07. The predicted molar refractivity (Wildman–Crippen MR) is 80.3 cm³/mol. The van der Waals surface area contributed by atoms with E-state index in [1.54, 1.807) is 6.20 Å². The first-order valence-electron chi connectivity index (χ1n) is 6.00. The number of halogens is 1. The Balaban J connectivity index is 2.05. The zero-order valence-corrected chi connectivity index (χ0v) is 12.1. The van der Waals surface area contributed by atoms with Gasteiger partial charge in [0.15, 0.2) is 0 Å². The van der Waals surface area contributed by atoms with E-state index in [9.17, 15) is 0 Å². The van der Waals surface area contributed by atoms with Gasteiger partial charge in [-0.1, -0.05) is 18.2 Å². The van der Waals surface area contributed by atoms with Crippen molar-refractivity contribution in [3.8, 4) is 0 Å². The summed E-state index contributed by atoms with van der Waals surface area (Å²) >= 11 is 3.41. The van der Waals surface area contributed by atoms with Gasteiger partial charge in [-0.05, 0) is 28.1 Å². The first-order valence-corrected chi connectivity index (χ1v) is 6.80. The lowest BCUT2D eigenvalue weighted by Crippen LogP contribution is -2.05. The number of para-hydroxylation sites is 1. The highest BCUT2D eigenvalue weighted by atomic mass is 79.9. The summed E-state index contributed by atoms with van der Waals surface area (Å²) in [6.45, 7) is 0.694. The van der Waals surface area contributed by atoms with E-state index in [-0.39, 0.29) is 0 Å². The SMILES string of the molecule is CNc1nc2ccccc2cc1Cn1cc(Br)cn1. The van der Waals surface area contributed by atoms with Crippen LogP contribution in [-0.4, -0.2) is 21.8 Å². The summed E-state index contributed by atoms with van der Waals surface area (Å²) in [6.07, 6.45) is 3.74. The molecule has 0 spiro atoms. The minimum atomic E-state index is 0.694. The predicted octanol–water partition coefficient (Wildman–Crippen LogP) is 3.28. The van der Waals surface area contributed by atoms with Crippen LogP contribution in [0.15, 0.2) is 47.2 Å². The zero-order valence-electron chi connectivity index (χ0n) is 10.5. The van der Waals surface area contributed by atoms with Crippen molar-refractivity contribution in [2.45, 2.75) is 6.54 Å². The van der Waals surface area contributed by atoms with Crippen molar-refractivity contribution in [3.63, 3.8) is 0 Å². The third-order valence-electron chi connectivity index (χ3n) is 2.97. The number of nitrogens with zero attached hydrogens (tertiary/aromatic N) is 3. The van der Waals surface area contributed by atoms with Crippen LogP contribution in [-0.2, 0) is 6.54 Å². The Morgan fingerprint density at radius 1 is 1.32 bits per heavy atom. The normalized spacial score (nSPS) is 10.8. The van der Waals surface area contributed by atoms with E-state index in [1.807, 2.05) is 36.1 Å². The van der Waals surface area contributed by atoms with E-state index in [0.29, 0.717) is 6.54 Å². The Kier molecular flexibility index (Phi) is 3.21. The van der Waals surface area contributed by atoms with Crippen LogP contribution >= 0.6 is 15.9 Å². The summed E-state index contributed by atoms with van der Waals surface area (Å²) in [7, 11) is 1.89. The Labute approximate surface area is 119 Å². The molecule has 0 fully saturated rings. The van der Waals surface area contributed by atoms with Gasteiger partial charge in [0.2, 0.25) is 0 Å². The maximum absolute atomic E-state index is 4.63. The molecule has 0 saturated carbocycles. The molecule has 0 bridgehead atoms. The number of hydrogen-bond donors (Lipinski definition) is 1. The van der Waals surface area contributed by atoms with Gasteiger partial charge in [-0.3, -0.25) is 4.68 Å². The Hall–Kier alpha value is -1.88. The van der Waals surface area contributed by atoms with Gasteiger partial charge in [0.25, 0.3) is 0 Å². The van der Waals surface area contributed by atoms with Crippen LogP contribution in [0.3, 0.4) is 0 Å². The molecule has 0 aliphatic heterocycles. The smallest absolute Gasteiger partial charge is 0.131 e. The van der Waals surface area contributed by atoms with Crippen LogP contribution in [0.4, 0.5) is 5.82 Å². The molecule has 0 radical (unpaired) electrons. The summed E-state index contributed by atoms with van der Waals surface area (Å²) in [5, 5.41) is 8.57. The lowest BCUT2D eigenvalue weighted by Gasteiger charge is -2.10. The van der Waals surface area contributed by atoms with Gasteiger partial charge in [0.1, 0.15) is 5.82 Å². The molecular weight excluding hydrogens is 304 g/mol. The average Bonchev–Trinajstić information content (AvgIpc) is 2.83. The van der Waals surface area contributed by atoms with Gasteiger partial charge in [-0.25, -0.2) is 4.98 Å². The lowest BCUT2D eigenvalue weighted by atomic mass is 10.1. The highest BCUT2D eigenvalue weighted by molar-refractivity contribution is 9.10. The molecule has 2 aromatic heterocycles. The van der Waals surface area contributed by atoms with E-state index in [4.69, 9.17) is 0 Å². The van der Waals surface area contributed by atoms with E-state index in [2.05, 4.69) is 43.5 Å². The van der Waals surface area contributed by atoms with Crippen LogP contribution in [0, 0.1) is 0 Å². The third kappa shape index (κ3) is 2.46. The zero-order chi connectivity index (χ0) is 13.2. The van der Waals surface area contributed by atoms with Crippen molar-refractivity contribution in [2.24, 2.45) is 0 Å². The number of rotatable bonds is 3. The van der Waals surface area contributed by atoms with Crippen molar-refractivity contribution in [1.29, 1.82) is 0 Å². The van der Waals surface area contributed by atoms with Crippen LogP contribution < -0.4 is 5.32 Å². The Bertz CT molecular complexity index is 720. The molecule has 2 heterocycles. The summed E-state index contributed by atoms with van der Waals surface area (Å²) < 4.78 is 2.86. The number of nitrogens with one attached hydrogen (secondary N) is 1. The summed E-state index contributed by atoms with van der Waals surface area (Å²) in [4.78, 5) is 4.63. The molecule has 1 N–H and O–H groups in total. The first-order chi connectivity index (χ1) is 9.26. The van der Waals surface area contributed by atoms with Crippen LogP contribution in [0.1, 0.15) is 5.56 Å². The molecule has 0 aliphatic carbocycles. The molecule has 4 nitrogen and oxygen atoms in total. The van der Waals surface area contributed by atoms with Crippen molar-refractivity contribution in [2.75, 3.05) is 12.4 Å². The van der Waals surface area contributed by atoms with Gasteiger partial charge in [-0.2, -0.15) is 5.10 Å². The second kappa shape index (κ2) is 5.01. The molecule has 96 valence electrons. The van der Waals surface area contributed by atoms with Crippen molar-refractivity contribution in [1.82, 2.24) is 14.8 Å². The number of fused-ring (bicyclic) bond motifs is 1. The Morgan fingerprint density at radius 3 is 2.89 bits per heavy atom. The van der Waals surface area contributed by atoms with Gasteiger partial charge >= 0.3 is 0 Å². The molecule has 3 rings (SSSR count). The molecule has 3 aromatic rings.